The summed E-state index contributed by atoms with van der Waals surface area (Å²) in [4.78, 5) is 12.1. The molecule has 0 radical (unpaired) electrons. The third kappa shape index (κ3) is 3.47. The lowest BCUT2D eigenvalue weighted by Crippen LogP contribution is -2.46. The minimum Gasteiger partial charge on any atom is -0.459 e. The van der Waals surface area contributed by atoms with Crippen molar-refractivity contribution in [3.8, 4) is 0 Å². The first-order valence-corrected chi connectivity index (χ1v) is 6.28. The minimum absolute atomic E-state index is 0.0370. The van der Waals surface area contributed by atoms with Gasteiger partial charge in [0.05, 0.1) is 18.8 Å². The molecule has 2 rings (SSSR count). The van der Waals surface area contributed by atoms with E-state index in [1.807, 2.05) is 16.9 Å². The zero-order valence-electron chi connectivity index (χ0n) is 11.5. The van der Waals surface area contributed by atoms with Crippen LogP contribution >= 0.6 is 0 Å². The number of hydrogen-bond donors (Lipinski definition) is 1. The van der Waals surface area contributed by atoms with Gasteiger partial charge in [-0.15, -0.1) is 0 Å². The van der Waals surface area contributed by atoms with Gasteiger partial charge in [-0.05, 0) is 23.6 Å². The van der Waals surface area contributed by atoms with Crippen LogP contribution in [0.2, 0.25) is 0 Å². The van der Waals surface area contributed by atoms with Gasteiger partial charge in [0.2, 0.25) is 0 Å². The van der Waals surface area contributed by atoms with Gasteiger partial charge in [-0.1, -0.05) is 20.8 Å². The molecule has 2 aromatic heterocycles. The maximum atomic E-state index is 12.1. The predicted molar refractivity (Wildman–Crippen MR) is 71.6 cm³/mol. The van der Waals surface area contributed by atoms with Crippen LogP contribution in [0.25, 0.3) is 0 Å². The van der Waals surface area contributed by atoms with E-state index in [9.17, 15) is 4.79 Å². The lowest BCUT2D eigenvalue weighted by Gasteiger charge is -2.31. The summed E-state index contributed by atoms with van der Waals surface area (Å²) in [6, 6.07) is 5.19. The summed E-state index contributed by atoms with van der Waals surface area (Å²) in [6.07, 6.45) is 5.11. The number of carbonyl (C=O) groups excluding carboxylic acids is 1. The second-order valence-corrected chi connectivity index (χ2v) is 5.60. The van der Waals surface area contributed by atoms with E-state index in [0.717, 1.165) is 0 Å². The number of amides is 1. The maximum absolute atomic E-state index is 12.1. The lowest BCUT2D eigenvalue weighted by molar-refractivity contribution is 0.0862. The Kier molecular flexibility index (Phi) is 3.74. The van der Waals surface area contributed by atoms with E-state index in [2.05, 4.69) is 31.2 Å². The van der Waals surface area contributed by atoms with Crippen molar-refractivity contribution in [2.24, 2.45) is 5.41 Å². The molecule has 1 N–H and O–H groups in total. The van der Waals surface area contributed by atoms with Crippen LogP contribution in [0.5, 0.6) is 0 Å². The van der Waals surface area contributed by atoms with Gasteiger partial charge >= 0.3 is 0 Å². The minimum atomic E-state index is -0.197. The average Bonchev–Trinajstić information content (AvgIpc) is 2.99. The van der Waals surface area contributed by atoms with Gasteiger partial charge in [-0.2, -0.15) is 5.10 Å². The highest BCUT2D eigenvalue weighted by molar-refractivity contribution is 5.91. The smallest absolute Gasteiger partial charge is 0.287 e. The molecule has 19 heavy (non-hydrogen) atoms. The number of hydrogen-bond acceptors (Lipinski definition) is 3. The maximum Gasteiger partial charge on any atom is 0.287 e. The average molecular weight is 261 g/mol. The van der Waals surface area contributed by atoms with Crippen LogP contribution in [0, 0.1) is 5.41 Å². The first kappa shape index (κ1) is 13.4. The Morgan fingerprint density at radius 2 is 2.26 bits per heavy atom. The summed E-state index contributed by atoms with van der Waals surface area (Å²) >= 11 is 0. The molecular weight excluding hydrogens is 242 g/mol. The van der Waals surface area contributed by atoms with Crippen molar-refractivity contribution in [3.05, 3.63) is 42.6 Å². The molecule has 1 amide bonds. The summed E-state index contributed by atoms with van der Waals surface area (Å²) in [5.74, 6) is 0.131. The Labute approximate surface area is 112 Å². The van der Waals surface area contributed by atoms with E-state index in [1.165, 1.54) is 6.26 Å². The van der Waals surface area contributed by atoms with Crippen LogP contribution < -0.4 is 5.32 Å². The fourth-order valence-electron chi connectivity index (χ4n) is 1.77. The zero-order valence-corrected chi connectivity index (χ0v) is 11.5. The van der Waals surface area contributed by atoms with E-state index in [0.29, 0.717) is 12.3 Å². The number of aromatic nitrogens is 2. The van der Waals surface area contributed by atoms with Gasteiger partial charge in [0.1, 0.15) is 0 Å². The molecule has 2 heterocycles. The van der Waals surface area contributed by atoms with Gasteiger partial charge in [-0.25, -0.2) is 0 Å². The number of nitrogens with zero attached hydrogens (tertiary/aromatic N) is 2. The summed E-state index contributed by atoms with van der Waals surface area (Å²) in [5.41, 5.74) is -0.0752. The van der Waals surface area contributed by atoms with Crippen LogP contribution in [0.15, 0.2) is 41.3 Å². The number of nitrogens with one attached hydrogen (secondary N) is 1. The van der Waals surface area contributed by atoms with Crippen molar-refractivity contribution in [1.82, 2.24) is 15.1 Å². The Bertz CT molecular complexity index is 509. The molecule has 0 saturated carbocycles. The molecule has 0 aromatic carbocycles. The van der Waals surface area contributed by atoms with E-state index in [1.54, 1.807) is 18.3 Å². The molecule has 5 nitrogen and oxygen atoms in total. The Balaban J connectivity index is 2.08. The van der Waals surface area contributed by atoms with Crippen molar-refractivity contribution in [3.63, 3.8) is 0 Å². The molecule has 5 heteroatoms. The normalized spacial score (nSPS) is 13.2. The highest BCUT2D eigenvalue weighted by Gasteiger charge is 2.27. The van der Waals surface area contributed by atoms with Gasteiger partial charge < -0.3 is 9.73 Å². The molecule has 0 aliphatic rings. The first-order chi connectivity index (χ1) is 8.97. The number of rotatable bonds is 4. The van der Waals surface area contributed by atoms with E-state index in [4.69, 9.17) is 4.42 Å². The van der Waals surface area contributed by atoms with Crippen molar-refractivity contribution in [2.75, 3.05) is 0 Å². The molecular formula is C14H19N3O2. The Morgan fingerprint density at radius 1 is 1.47 bits per heavy atom. The molecule has 0 saturated heterocycles. The molecule has 0 spiro atoms. The van der Waals surface area contributed by atoms with Crippen LogP contribution in [0.1, 0.15) is 31.3 Å². The molecule has 0 aliphatic carbocycles. The molecule has 0 bridgehead atoms. The topological polar surface area (TPSA) is 60.1 Å². The van der Waals surface area contributed by atoms with Crippen molar-refractivity contribution >= 4 is 5.91 Å². The first-order valence-electron chi connectivity index (χ1n) is 6.28. The van der Waals surface area contributed by atoms with E-state index < -0.39 is 0 Å². The molecule has 0 unspecified atom stereocenters. The van der Waals surface area contributed by atoms with Gasteiger partial charge in [0, 0.05) is 12.4 Å². The van der Waals surface area contributed by atoms with Gasteiger partial charge in [0.15, 0.2) is 5.76 Å². The highest BCUT2D eigenvalue weighted by Crippen LogP contribution is 2.21. The number of furan rings is 1. The van der Waals surface area contributed by atoms with Crippen molar-refractivity contribution in [2.45, 2.75) is 33.4 Å². The summed E-state index contributed by atoms with van der Waals surface area (Å²) < 4.78 is 6.93. The second-order valence-electron chi connectivity index (χ2n) is 5.60. The van der Waals surface area contributed by atoms with E-state index in [-0.39, 0.29) is 17.4 Å². The second kappa shape index (κ2) is 5.30. The predicted octanol–water partition coefficient (Wildman–Crippen LogP) is 2.32. The third-order valence-corrected chi connectivity index (χ3v) is 3.02. The standard InChI is InChI=1S/C14H19N3O2/c1-14(2,3)12(10-17-8-5-7-15-17)16-13(18)11-6-4-9-19-11/h4-9,12H,10H2,1-3H3,(H,16,18)/t12-/m1/s1. The van der Waals surface area contributed by atoms with E-state index >= 15 is 0 Å². The lowest BCUT2D eigenvalue weighted by atomic mass is 9.86. The van der Waals surface area contributed by atoms with Crippen LogP contribution in [-0.4, -0.2) is 21.7 Å². The van der Waals surface area contributed by atoms with Gasteiger partial charge in [0.25, 0.3) is 5.91 Å². The van der Waals surface area contributed by atoms with Crippen LogP contribution in [-0.2, 0) is 6.54 Å². The molecule has 102 valence electrons. The highest BCUT2D eigenvalue weighted by atomic mass is 16.3. The Hall–Kier alpha value is -2.04. The fourth-order valence-corrected chi connectivity index (χ4v) is 1.77. The Morgan fingerprint density at radius 3 is 2.79 bits per heavy atom. The zero-order chi connectivity index (χ0) is 13.9. The monoisotopic (exact) mass is 261 g/mol. The van der Waals surface area contributed by atoms with Crippen LogP contribution in [0.4, 0.5) is 0 Å². The quantitative estimate of drug-likeness (QED) is 0.918. The molecule has 1 atom stereocenters. The van der Waals surface area contributed by atoms with Gasteiger partial charge in [-0.3, -0.25) is 9.48 Å². The summed E-state index contributed by atoms with van der Waals surface area (Å²) in [5, 5.41) is 7.19. The molecule has 2 aromatic rings. The molecule has 0 fully saturated rings. The summed E-state index contributed by atoms with van der Waals surface area (Å²) in [7, 11) is 0. The van der Waals surface area contributed by atoms with Crippen molar-refractivity contribution < 1.29 is 9.21 Å². The summed E-state index contributed by atoms with van der Waals surface area (Å²) in [6.45, 7) is 6.89. The van der Waals surface area contributed by atoms with Crippen molar-refractivity contribution in [1.29, 1.82) is 0 Å². The largest absolute Gasteiger partial charge is 0.459 e. The SMILES string of the molecule is CC(C)(C)[C@@H](Cn1cccn1)NC(=O)c1ccco1. The number of carbonyl (C=O) groups is 1. The third-order valence-electron chi connectivity index (χ3n) is 3.02. The van der Waals surface area contributed by atoms with Crippen LogP contribution in [0.3, 0.4) is 0 Å². The molecule has 0 aliphatic heterocycles. The fraction of sp³-hybridized carbons (Fsp3) is 0.429.